The highest BCUT2D eigenvalue weighted by molar-refractivity contribution is 5.57. The second-order valence-electron chi connectivity index (χ2n) is 2.49. The van der Waals surface area contributed by atoms with Crippen molar-refractivity contribution >= 4 is 11.6 Å². The molecule has 1 aromatic rings. The van der Waals surface area contributed by atoms with E-state index < -0.39 is 0 Å². The number of anilines is 1. The molecule has 4 nitrogen and oxygen atoms in total. The maximum Gasteiger partial charge on any atom is 0.174 e. The molecule has 0 aromatic heterocycles. The number of nitrogens with two attached hydrogens (primary N) is 1. The van der Waals surface area contributed by atoms with Crippen LogP contribution in [0.3, 0.4) is 0 Å². The minimum absolute atomic E-state index is 0.388. The maximum atomic E-state index is 9.92. The number of rotatable bonds is 4. The Morgan fingerprint density at radius 3 is 3.00 bits per heavy atom. The van der Waals surface area contributed by atoms with Crippen molar-refractivity contribution in [1.82, 2.24) is 0 Å². The van der Waals surface area contributed by atoms with Crippen LogP contribution in [0.25, 0.3) is 0 Å². The number of carbonyl (C=O) groups excluding carboxylic acids is 1. The van der Waals surface area contributed by atoms with Gasteiger partial charge in [-0.1, -0.05) is 0 Å². The fourth-order valence-electron chi connectivity index (χ4n) is 0.961. The van der Waals surface area contributed by atoms with Crippen molar-refractivity contribution < 1.29 is 14.3 Å². The summed E-state index contributed by atoms with van der Waals surface area (Å²) in [6, 6.07) is 5.00. The van der Waals surface area contributed by atoms with E-state index in [1.807, 2.05) is 6.92 Å². The van der Waals surface area contributed by atoms with Gasteiger partial charge in [-0.05, 0) is 19.1 Å². The largest absolute Gasteiger partial charge is 0.494 e. The summed E-state index contributed by atoms with van der Waals surface area (Å²) in [5.74, 6) is 2.54. The van der Waals surface area contributed by atoms with Gasteiger partial charge in [-0.2, -0.15) is 0 Å². The summed E-state index contributed by atoms with van der Waals surface area (Å²) in [5.41, 5.74) is 6.04. The molecular formula is C10H11NO3. The first-order valence-corrected chi connectivity index (χ1v) is 4.16. The lowest BCUT2D eigenvalue weighted by Gasteiger charge is -2.07. The number of hydrogen-bond acceptors (Lipinski definition) is 4. The average Bonchev–Trinajstić information content (AvgIpc) is 2.19. The molecule has 0 fully saturated rings. The Balaban J connectivity index is 2.89. The van der Waals surface area contributed by atoms with E-state index >= 15 is 0 Å². The van der Waals surface area contributed by atoms with Gasteiger partial charge in [0.15, 0.2) is 18.0 Å². The van der Waals surface area contributed by atoms with Crippen LogP contribution in [0.4, 0.5) is 5.69 Å². The average molecular weight is 193 g/mol. The van der Waals surface area contributed by atoms with E-state index in [1.165, 1.54) is 5.94 Å². The van der Waals surface area contributed by atoms with Crippen LogP contribution in [0, 0.1) is 0 Å². The van der Waals surface area contributed by atoms with Gasteiger partial charge in [0.2, 0.25) is 0 Å². The van der Waals surface area contributed by atoms with Crippen LogP contribution >= 0.6 is 0 Å². The summed E-state index contributed by atoms with van der Waals surface area (Å²) in [5, 5.41) is 0. The molecule has 0 aliphatic carbocycles. The molecule has 0 aliphatic rings. The predicted molar refractivity (Wildman–Crippen MR) is 52.9 cm³/mol. The Morgan fingerprint density at radius 1 is 1.57 bits per heavy atom. The van der Waals surface area contributed by atoms with Crippen LogP contribution in [0.15, 0.2) is 24.5 Å². The predicted octanol–water partition coefficient (Wildman–Crippen LogP) is 1.39. The Hall–Kier alpha value is -1.93. The second kappa shape index (κ2) is 4.94. The molecule has 4 heteroatoms. The van der Waals surface area contributed by atoms with E-state index in [4.69, 9.17) is 15.2 Å². The molecule has 2 N–H and O–H groups in total. The standard InChI is InChI=1S/C10H11NO3/c1-2-13-8-3-4-9(11)10(7-8)14-6-5-12/h3-4,6-7H,2,11H2,1H3. The van der Waals surface area contributed by atoms with E-state index in [-0.39, 0.29) is 0 Å². The van der Waals surface area contributed by atoms with Crippen molar-refractivity contribution in [1.29, 1.82) is 0 Å². The minimum atomic E-state index is 0.388. The number of benzene rings is 1. The zero-order valence-electron chi connectivity index (χ0n) is 7.82. The van der Waals surface area contributed by atoms with E-state index in [1.54, 1.807) is 18.2 Å². The molecule has 0 heterocycles. The molecular weight excluding hydrogens is 182 g/mol. The minimum Gasteiger partial charge on any atom is -0.494 e. The molecule has 0 saturated carbocycles. The van der Waals surface area contributed by atoms with Gasteiger partial charge in [0.25, 0.3) is 0 Å². The SMILES string of the molecule is CCOc1ccc(N)c(OC=C=O)c1. The Labute approximate surface area is 81.9 Å². The zero-order chi connectivity index (χ0) is 10.4. The van der Waals surface area contributed by atoms with Crippen LogP contribution in [0.5, 0.6) is 11.5 Å². The summed E-state index contributed by atoms with van der Waals surface area (Å²) >= 11 is 0. The van der Waals surface area contributed by atoms with E-state index in [0.29, 0.717) is 23.8 Å². The van der Waals surface area contributed by atoms with Crippen LogP contribution in [0.1, 0.15) is 6.92 Å². The third kappa shape index (κ3) is 2.54. The van der Waals surface area contributed by atoms with Crippen molar-refractivity contribution in [3.63, 3.8) is 0 Å². The zero-order valence-corrected chi connectivity index (χ0v) is 7.82. The molecule has 74 valence electrons. The first kappa shape index (κ1) is 10.2. The number of ether oxygens (including phenoxy) is 2. The van der Waals surface area contributed by atoms with Crippen LogP contribution in [-0.2, 0) is 4.79 Å². The molecule has 0 spiro atoms. The van der Waals surface area contributed by atoms with Gasteiger partial charge in [-0.3, -0.25) is 0 Å². The van der Waals surface area contributed by atoms with Crippen molar-refractivity contribution in [2.45, 2.75) is 6.92 Å². The fraction of sp³-hybridized carbons (Fsp3) is 0.200. The van der Waals surface area contributed by atoms with Crippen LogP contribution in [-0.4, -0.2) is 12.5 Å². The lowest BCUT2D eigenvalue weighted by molar-refractivity contribution is 0.338. The molecule has 0 aliphatic heterocycles. The fourth-order valence-corrected chi connectivity index (χ4v) is 0.961. The summed E-state index contributed by atoms with van der Waals surface area (Å²) in [6.07, 6.45) is 0.904. The molecule has 1 aromatic carbocycles. The normalized spacial score (nSPS) is 8.93. The van der Waals surface area contributed by atoms with Gasteiger partial charge in [-0.25, -0.2) is 4.79 Å². The van der Waals surface area contributed by atoms with Crippen molar-refractivity contribution in [3.05, 3.63) is 24.5 Å². The highest BCUT2D eigenvalue weighted by Crippen LogP contribution is 2.26. The highest BCUT2D eigenvalue weighted by atomic mass is 16.5. The molecule has 0 atom stereocenters. The van der Waals surface area contributed by atoms with E-state index in [2.05, 4.69) is 0 Å². The highest BCUT2D eigenvalue weighted by Gasteiger charge is 2.01. The third-order valence-corrected chi connectivity index (χ3v) is 1.53. The Morgan fingerprint density at radius 2 is 2.36 bits per heavy atom. The topological polar surface area (TPSA) is 61.6 Å². The van der Waals surface area contributed by atoms with Gasteiger partial charge in [0.05, 0.1) is 12.3 Å². The van der Waals surface area contributed by atoms with Gasteiger partial charge >= 0.3 is 0 Å². The first-order valence-electron chi connectivity index (χ1n) is 4.16. The van der Waals surface area contributed by atoms with Crippen molar-refractivity contribution in [2.24, 2.45) is 0 Å². The number of nitrogen functional groups attached to an aromatic ring is 1. The molecule has 0 bridgehead atoms. The molecule has 0 saturated heterocycles. The van der Waals surface area contributed by atoms with Gasteiger partial charge < -0.3 is 15.2 Å². The smallest absolute Gasteiger partial charge is 0.174 e. The summed E-state index contributed by atoms with van der Waals surface area (Å²) in [7, 11) is 0. The van der Waals surface area contributed by atoms with Crippen LogP contribution < -0.4 is 15.2 Å². The van der Waals surface area contributed by atoms with Gasteiger partial charge in [0.1, 0.15) is 5.75 Å². The van der Waals surface area contributed by atoms with Gasteiger partial charge in [-0.15, -0.1) is 0 Å². The molecule has 0 unspecified atom stereocenters. The molecule has 0 radical (unpaired) electrons. The summed E-state index contributed by atoms with van der Waals surface area (Å²) in [4.78, 5) is 9.92. The van der Waals surface area contributed by atoms with Crippen molar-refractivity contribution in [2.75, 3.05) is 12.3 Å². The van der Waals surface area contributed by atoms with Crippen molar-refractivity contribution in [3.8, 4) is 11.5 Å². The molecule has 1 rings (SSSR count). The van der Waals surface area contributed by atoms with E-state index in [0.717, 1.165) is 6.26 Å². The number of hydrogen-bond donors (Lipinski definition) is 1. The lowest BCUT2D eigenvalue weighted by Crippen LogP contribution is -1.95. The second-order valence-corrected chi connectivity index (χ2v) is 2.49. The van der Waals surface area contributed by atoms with E-state index in [9.17, 15) is 4.79 Å². The monoisotopic (exact) mass is 193 g/mol. The maximum absolute atomic E-state index is 9.92. The Bertz CT molecular complexity index is 356. The summed E-state index contributed by atoms with van der Waals surface area (Å²) < 4.78 is 10.2. The summed E-state index contributed by atoms with van der Waals surface area (Å²) in [6.45, 7) is 2.44. The quantitative estimate of drug-likeness (QED) is 0.446. The third-order valence-electron chi connectivity index (χ3n) is 1.53. The molecule has 14 heavy (non-hydrogen) atoms. The van der Waals surface area contributed by atoms with Gasteiger partial charge in [0, 0.05) is 6.07 Å². The first-order chi connectivity index (χ1) is 6.77. The lowest BCUT2D eigenvalue weighted by atomic mass is 10.3. The Kier molecular flexibility index (Phi) is 3.58. The van der Waals surface area contributed by atoms with Crippen LogP contribution in [0.2, 0.25) is 0 Å². The molecule has 0 amide bonds.